The highest BCUT2D eigenvalue weighted by Crippen LogP contribution is 2.33. The van der Waals surface area contributed by atoms with Gasteiger partial charge in [0.05, 0.1) is 7.11 Å². The number of methoxy groups -OCH3 is 1. The van der Waals surface area contributed by atoms with Gasteiger partial charge >= 0.3 is 5.97 Å². The fourth-order valence-corrected chi connectivity index (χ4v) is 3.38. The van der Waals surface area contributed by atoms with E-state index < -0.39 is 6.04 Å². The van der Waals surface area contributed by atoms with E-state index in [2.05, 4.69) is 9.88 Å². The molecule has 0 aliphatic carbocycles. The predicted molar refractivity (Wildman–Crippen MR) is 90.6 cm³/mol. The molecule has 1 fully saturated rings. The van der Waals surface area contributed by atoms with Crippen LogP contribution in [0.3, 0.4) is 0 Å². The number of phenolic OH excluding ortho intramolecular Hbond substituents is 1. The average molecular weight is 326 g/mol. The van der Waals surface area contributed by atoms with Crippen LogP contribution in [0.5, 0.6) is 5.75 Å². The lowest BCUT2D eigenvalue weighted by atomic mass is 9.88. The van der Waals surface area contributed by atoms with Gasteiger partial charge in [0, 0.05) is 12.4 Å². The summed E-state index contributed by atoms with van der Waals surface area (Å²) >= 11 is 0. The molecule has 3 rings (SSSR count). The number of phenols is 1. The highest BCUT2D eigenvalue weighted by Gasteiger charge is 2.32. The van der Waals surface area contributed by atoms with Crippen molar-refractivity contribution < 1.29 is 14.6 Å². The van der Waals surface area contributed by atoms with Crippen LogP contribution in [0.4, 0.5) is 0 Å². The number of aromatic nitrogens is 1. The number of hydrogen-bond acceptors (Lipinski definition) is 5. The third-order valence-corrected chi connectivity index (χ3v) is 4.68. The number of carbonyl (C=O) groups is 1. The van der Waals surface area contributed by atoms with E-state index in [0.29, 0.717) is 11.7 Å². The number of rotatable bonds is 4. The zero-order chi connectivity index (χ0) is 16.9. The van der Waals surface area contributed by atoms with Crippen LogP contribution >= 0.6 is 0 Å². The van der Waals surface area contributed by atoms with Crippen LogP contribution in [0.25, 0.3) is 0 Å². The standard InChI is InChI=1S/C19H22N2O3/c1-24-19(23)18(16-3-2-10-20-13-16)21-11-8-15(9-12-21)14-4-6-17(22)7-5-14/h2-7,10,13,15,18,22H,8-9,11-12H2,1H3/t18-/m1/s1. The Balaban J connectivity index is 1.71. The summed E-state index contributed by atoms with van der Waals surface area (Å²) in [5.74, 6) is 0.499. The lowest BCUT2D eigenvalue weighted by molar-refractivity contribution is -0.147. The summed E-state index contributed by atoms with van der Waals surface area (Å²) in [4.78, 5) is 18.6. The van der Waals surface area contributed by atoms with Gasteiger partial charge in [0.25, 0.3) is 0 Å². The van der Waals surface area contributed by atoms with Gasteiger partial charge in [-0.05, 0) is 61.2 Å². The van der Waals surface area contributed by atoms with Crippen molar-refractivity contribution in [3.8, 4) is 5.75 Å². The molecule has 1 atom stereocenters. The fourth-order valence-electron chi connectivity index (χ4n) is 3.38. The molecule has 1 saturated heterocycles. The molecule has 0 saturated carbocycles. The van der Waals surface area contributed by atoms with Crippen molar-refractivity contribution in [3.63, 3.8) is 0 Å². The molecule has 1 aromatic heterocycles. The van der Waals surface area contributed by atoms with Gasteiger partial charge in [0.2, 0.25) is 0 Å². The van der Waals surface area contributed by atoms with Crippen LogP contribution in [0.15, 0.2) is 48.8 Å². The Labute approximate surface area is 141 Å². The Morgan fingerprint density at radius 2 is 1.96 bits per heavy atom. The van der Waals surface area contributed by atoms with Gasteiger partial charge in [0.15, 0.2) is 0 Å². The van der Waals surface area contributed by atoms with Crippen molar-refractivity contribution >= 4 is 5.97 Å². The molecule has 1 N–H and O–H groups in total. The van der Waals surface area contributed by atoms with Crippen LogP contribution in [-0.2, 0) is 9.53 Å². The van der Waals surface area contributed by atoms with Crippen LogP contribution in [0.2, 0.25) is 0 Å². The molecule has 1 aromatic carbocycles. The molecule has 5 nitrogen and oxygen atoms in total. The molecule has 0 bridgehead atoms. The summed E-state index contributed by atoms with van der Waals surface area (Å²) in [7, 11) is 1.43. The number of hydrogen-bond donors (Lipinski definition) is 1. The van der Waals surface area contributed by atoms with Gasteiger partial charge in [-0.2, -0.15) is 0 Å². The Morgan fingerprint density at radius 1 is 1.25 bits per heavy atom. The number of ether oxygens (including phenoxy) is 1. The lowest BCUT2D eigenvalue weighted by Gasteiger charge is -2.36. The summed E-state index contributed by atoms with van der Waals surface area (Å²) in [6, 6.07) is 10.8. The molecule has 2 heterocycles. The summed E-state index contributed by atoms with van der Waals surface area (Å²) < 4.78 is 5.01. The monoisotopic (exact) mass is 326 g/mol. The second kappa shape index (κ2) is 7.45. The number of pyridine rings is 1. The van der Waals surface area contributed by atoms with E-state index in [4.69, 9.17) is 4.74 Å². The second-order valence-corrected chi connectivity index (χ2v) is 6.11. The normalized spacial score (nSPS) is 17.4. The first-order chi connectivity index (χ1) is 11.7. The third-order valence-electron chi connectivity index (χ3n) is 4.68. The second-order valence-electron chi connectivity index (χ2n) is 6.11. The van der Waals surface area contributed by atoms with Crippen molar-refractivity contribution in [2.75, 3.05) is 20.2 Å². The number of benzene rings is 1. The number of piperidine rings is 1. The fraction of sp³-hybridized carbons (Fsp3) is 0.368. The third kappa shape index (κ3) is 3.57. The van der Waals surface area contributed by atoms with Crippen molar-refractivity contribution in [3.05, 3.63) is 59.9 Å². The summed E-state index contributed by atoms with van der Waals surface area (Å²) in [5.41, 5.74) is 2.11. The van der Waals surface area contributed by atoms with Gasteiger partial charge in [-0.25, -0.2) is 4.79 Å². The number of nitrogens with zero attached hydrogens (tertiary/aromatic N) is 2. The highest BCUT2D eigenvalue weighted by molar-refractivity contribution is 5.77. The molecule has 0 spiro atoms. The van der Waals surface area contributed by atoms with Crippen molar-refractivity contribution in [2.24, 2.45) is 0 Å². The molecule has 2 aromatic rings. The Morgan fingerprint density at radius 3 is 2.54 bits per heavy atom. The minimum Gasteiger partial charge on any atom is -0.508 e. The molecule has 1 aliphatic rings. The Bertz CT molecular complexity index is 665. The molecule has 5 heteroatoms. The molecule has 0 amide bonds. The SMILES string of the molecule is COC(=O)[C@@H](c1cccnc1)N1CCC(c2ccc(O)cc2)CC1. The van der Waals surface area contributed by atoms with Gasteiger partial charge < -0.3 is 9.84 Å². The van der Waals surface area contributed by atoms with Gasteiger partial charge in [0.1, 0.15) is 11.8 Å². The molecule has 0 unspecified atom stereocenters. The highest BCUT2D eigenvalue weighted by atomic mass is 16.5. The van der Waals surface area contributed by atoms with Gasteiger partial charge in [-0.3, -0.25) is 9.88 Å². The van der Waals surface area contributed by atoms with Gasteiger partial charge in [-0.1, -0.05) is 18.2 Å². The van der Waals surface area contributed by atoms with E-state index in [9.17, 15) is 9.90 Å². The first-order valence-corrected chi connectivity index (χ1v) is 8.20. The predicted octanol–water partition coefficient (Wildman–Crippen LogP) is 2.88. The minimum atomic E-state index is -0.399. The van der Waals surface area contributed by atoms with E-state index in [1.807, 2.05) is 24.3 Å². The largest absolute Gasteiger partial charge is 0.508 e. The van der Waals surface area contributed by atoms with E-state index >= 15 is 0 Å². The number of likely N-dealkylation sites (tertiary alicyclic amines) is 1. The van der Waals surface area contributed by atoms with Gasteiger partial charge in [-0.15, -0.1) is 0 Å². The maximum absolute atomic E-state index is 12.3. The van der Waals surface area contributed by atoms with Crippen LogP contribution < -0.4 is 0 Å². The topological polar surface area (TPSA) is 62.7 Å². The van der Waals surface area contributed by atoms with Crippen LogP contribution in [0, 0.1) is 0 Å². The molecule has 0 radical (unpaired) electrons. The molecule has 126 valence electrons. The van der Waals surface area contributed by atoms with Crippen LogP contribution in [-0.4, -0.2) is 41.2 Å². The summed E-state index contributed by atoms with van der Waals surface area (Å²) in [6.45, 7) is 1.64. The maximum Gasteiger partial charge on any atom is 0.327 e. The molecule has 1 aliphatic heterocycles. The molecular formula is C19H22N2O3. The van der Waals surface area contributed by atoms with Crippen molar-refractivity contribution in [1.82, 2.24) is 9.88 Å². The number of aromatic hydroxyl groups is 1. The smallest absolute Gasteiger partial charge is 0.327 e. The van der Waals surface area contributed by atoms with E-state index in [1.54, 1.807) is 24.5 Å². The zero-order valence-electron chi connectivity index (χ0n) is 13.8. The van der Waals surface area contributed by atoms with Crippen molar-refractivity contribution in [1.29, 1.82) is 0 Å². The van der Waals surface area contributed by atoms with E-state index in [0.717, 1.165) is 31.5 Å². The average Bonchev–Trinajstić information content (AvgIpc) is 2.64. The Hall–Kier alpha value is -2.40. The minimum absolute atomic E-state index is 0.244. The lowest BCUT2D eigenvalue weighted by Crippen LogP contribution is -2.40. The van der Waals surface area contributed by atoms with E-state index in [-0.39, 0.29) is 5.97 Å². The number of esters is 1. The quantitative estimate of drug-likeness (QED) is 0.875. The maximum atomic E-state index is 12.3. The summed E-state index contributed by atoms with van der Waals surface area (Å²) in [5, 5.41) is 9.42. The number of carbonyl (C=O) groups excluding carboxylic acids is 1. The molecule has 24 heavy (non-hydrogen) atoms. The Kier molecular flexibility index (Phi) is 5.11. The van der Waals surface area contributed by atoms with Crippen molar-refractivity contribution in [2.45, 2.75) is 24.8 Å². The first-order valence-electron chi connectivity index (χ1n) is 8.20. The summed E-state index contributed by atoms with van der Waals surface area (Å²) in [6.07, 6.45) is 5.37. The van der Waals surface area contributed by atoms with E-state index in [1.165, 1.54) is 12.7 Å². The first kappa shape index (κ1) is 16.5. The van der Waals surface area contributed by atoms with Crippen LogP contribution in [0.1, 0.15) is 35.9 Å². The zero-order valence-corrected chi connectivity index (χ0v) is 13.8. The molecular weight excluding hydrogens is 304 g/mol.